The molecule has 102 valence electrons. The molecule has 0 saturated carbocycles. The van der Waals surface area contributed by atoms with Crippen LogP contribution < -0.4 is 9.80 Å². The van der Waals surface area contributed by atoms with Gasteiger partial charge in [0.2, 0.25) is 5.91 Å². The topological polar surface area (TPSA) is 36.4 Å². The summed E-state index contributed by atoms with van der Waals surface area (Å²) in [5.41, 5.74) is 3.03. The van der Waals surface area contributed by atoms with Crippen molar-refractivity contribution in [1.29, 1.82) is 0 Å². The van der Waals surface area contributed by atoms with Crippen LogP contribution in [0.2, 0.25) is 0 Å². The standard InChI is InChI=1S/C15H14BrN3O/c1-18-10-15(20)19(9-11-3-2-6-17-8-11)13-5-4-12(16)7-14(13)18/h2-8H,9-10H2,1H3. The molecule has 1 amide bonds. The van der Waals surface area contributed by atoms with Crippen molar-refractivity contribution >= 4 is 33.2 Å². The van der Waals surface area contributed by atoms with Crippen LogP contribution in [0.5, 0.6) is 0 Å². The Morgan fingerprint density at radius 3 is 2.90 bits per heavy atom. The average molecular weight is 332 g/mol. The molecule has 1 aromatic heterocycles. The maximum absolute atomic E-state index is 12.3. The van der Waals surface area contributed by atoms with E-state index in [1.54, 1.807) is 12.4 Å². The molecule has 0 bridgehead atoms. The van der Waals surface area contributed by atoms with Gasteiger partial charge >= 0.3 is 0 Å². The number of nitrogens with zero attached hydrogens (tertiary/aromatic N) is 3. The van der Waals surface area contributed by atoms with E-state index < -0.39 is 0 Å². The zero-order valence-corrected chi connectivity index (χ0v) is 12.7. The molecule has 0 N–H and O–H groups in total. The quantitative estimate of drug-likeness (QED) is 0.849. The summed E-state index contributed by atoms with van der Waals surface area (Å²) in [6, 6.07) is 9.85. The van der Waals surface area contributed by atoms with Crippen LogP contribution in [0, 0.1) is 0 Å². The first-order chi connectivity index (χ1) is 9.65. The lowest BCUT2D eigenvalue weighted by Crippen LogP contribution is -2.43. The number of hydrogen-bond donors (Lipinski definition) is 0. The number of halogens is 1. The molecule has 0 fully saturated rings. The van der Waals surface area contributed by atoms with Crippen LogP contribution in [-0.2, 0) is 11.3 Å². The van der Waals surface area contributed by atoms with Crippen molar-refractivity contribution in [1.82, 2.24) is 4.98 Å². The number of aromatic nitrogens is 1. The van der Waals surface area contributed by atoms with Gasteiger partial charge in [0, 0.05) is 23.9 Å². The smallest absolute Gasteiger partial charge is 0.246 e. The van der Waals surface area contributed by atoms with Gasteiger partial charge in [-0.3, -0.25) is 9.78 Å². The molecule has 0 spiro atoms. The van der Waals surface area contributed by atoms with Crippen molar-refractivity contribution in [3.05, 3.63) is 52.8 Å². The molecule has 5 heteroatoms. The molecule has 0 saturated heterocycles. The fraction of sp³-hybridized carbons (Fsp3) is 0.200. The Labute approximate surface area is 126 Å². The van der Waals surface area contributed by atoms with Gasteiger partial charge in [-0.2, -0.15) is 0 Å². The fourth-order valence-corrected chi connectivity index (χ4v) is 2.73. The van der Waals surface area contributed by atoms with Gasteiger partial charge in [0.25, 0.3) is 0 Å². The third kappa shape index (κ3) is 2.41. The Balaban J connectivity index is 1.99. The zero-order chi connectivity index (χ0) is 14.1. The number of carbonyl (C=O) groups excluding carboxylic acids is 1. The zero-order valence-electron chi connectivity index (χ0n) is 11.1. The van der Waals surface area contributed by atoms with Gasteiger partial charge < -0.3 is 9.80 Å². The highest BCUT2D eigenvalue weighted by Crippen LogP contribution is 2.35. The third-order valence-electron chi connectivity index (χ3n) is 3.38. The predicted molar refractivity (Wildman–Crippen MR) is 82.8 cm³/mol. The lowest BCUT2D eigenvalue weighted by molar-refractivity contribution is -0.117. The highest BCUT2D eigenvalue weighted by atomic mass is 79.9. The number of pyridine rings is 1. The first-order valence-corrected chi connectivity index (χ1v) is 7.14. The number of anilines is 2. The molecule has 1 aliphatic rings. The average Bonchev–Trinajstić information content (AvgIpc) is 2.45. The van der Waals surface area contributed by atoms with E-state index in [0.717, 1.165) is 21.4 Å². The maximum Gasteiger partial charge on any atom is 0.246 e. The van der Waals surface area contributed by atoms with E-state index in [2.05, 4.69) is 20.9 Å². The van der Waals surface area contributed by atoms with E-state index in [-0.39, 0.29) is 5.91 Å². The summed E-state index contributed by atoms with van der Waals surface area (Å²) in [4.78, 5) is 20.2. The van der Waals surface area contributed by atoms with Crippen molar-refractivity contribution in [3.63, 3.8) is 0 Å². The van der Waals surface area contributed by atoms with Crippen LogP contribution in [0.1, 0.15) is 5.56 Å². The van der Waals surface area contributed by atoms with E-state index in [9.17, 15) is 4.79 Å². The molecular formula is C15H14BrN3O. The highest BCUT2D eigenvalue weighted by molar-refractivity contribution is 9.10. The van der Waals surface area contributed by atoms with Crippen LogP contribution in [0.4, 0.5) is 11.4 Å². The van der Waals surface area contributed by atoms with Crippen LogP contribution in [0.15, 0.2) is 47.2 Å². The van der Waals surface area contributed by atoms with Gasteiger partial charge in [0.05, 0.1) is 24.5 Å². The molecule has 3 rings (SSSR count). The molecule has 20 heavy (non-hydrogen) atoms. The van der Waals surface area contributed by atoms with Crippen LogP contribution in [0.25, 0.3) is 0 Å². The number of hydrogen-bond acceptors (Lipinski definition) is 3. The number of fused-ring (bicyclic) bond motifs is 1. The summed E-state index contributed by atoms with van der Waals surface area (Å²) in [5, 5.41) is 0. The second-order valence-corrected chi connectivity index (χ2v) is 5.75. The lowest BCUT2D eigenvalue weighted by atomic mass is 10.1. The van der Waals surface area contributed by atoms with Crippen molar-refractivity contribution in [3.8, 4) is 0 Å². The second kappa shape index (κ2) is 5.25. The fourth-order valence-electron chi connectivity index (χ4n) is 2.39. The van der Waals surface area contributed by atoms with Crippen molar-refractivity contribution < 1.29 is 4.79 Å². The molecule has 4 nitrogen and oxygen atoms in total. The SMILES string of the molecule is CN1CC(=O)N(Cc2cccnc2)c2ccc(Br)cc21. The Morgan fingerprint density at radius 1 is 1.30 bits per heavy atom. The van der Waals surface area contributed by atoms with Gasteiger partial charge in [-0.25, -0.2) is 0 Å². The molecule has 0 aliphatic carbocycles. The summed E-state index contributed by atoms with van der Waals surface area (Å²) in [5.74, 6) is 0.103. The van der Waals surface area contributed by atoms with Gasteiger partial charge in [-0.05, 0) is 29.8 Å². The predicted octanol–water partition coefficient (Wildman–Crippen LogP) is 2.83. The summed E-state index contributed by atoms with van der Waals surface area (Å²) < 4.78 is 1.01. The van der Waals surface area contributed by atoms with Crippen molar-refractivity contribution in [2.24, 2.45) is 0 Å². The van der Waals surface area contributed by atoms with Gasteiger partial charge in [0.15, 0.2) is 0 Å². The molecule has 1 aliphatic heterocycles. The van der Waals surface area contributed by atoms with Crippen LogP contribution in [0.3, 0.4) is 0 Å². The maximum atomic E-state index is 12.3. The molecule has 1 aromatic carbocycles. The largest absolute Gasteiger partial charge is 0.364 e. The number of benzene rings is 1. The first kappa shape index (κ1) is 13.1. The normalized spacial score (nSPS) is 14.4. The summed E-state index contributed by atoms with van der Waals surface area (Å²) in [6.07, 6.45) is 3.53. The van der Waals surface area contributed by atoms with Gasteiger partial charge in [0.1, 0.15) is 0 Å². The van der Waals surface area contributed by atoms with Crippen LogP contribution in [-0.4, -0.2) is 24.5 Å². The number of rotatable bonds is 2. The van der Waals surface area contributed by atoms with E-state index in [0.29, 0.717) is 13.1 Å². The number of likely N-dealkylation sites (N-methyl/N-ethyl adjacent to an activating group) is 1. The minimum Gasteiger partial charge on any atom is -0.364 e. The minimum absolute atomic E-state index is 0.103. The number of amides is 1. The molecule has 0 unspecified atom stereocenters. The van der Waals surface area contributed by atoms with Crippen LogP contribution >= 0.6 is 15.9 Å². The molecule has 0 atom stereocenters. The van der Waals surface area contributed by atoms with Crippen molar-refractivity contribution in [2.75, 3.05) is 23.4 Å². The van der Waals surface area contributed by atoms with Gasteiger partial charge in [-0.1, -0.05) is 22.0 Å². The minimum atomic E-state index is 0.103. The Bertz CT molecular complexity index is 645. The van der Waals surface area contributed by atoms with E-state index >= 15 is 0 Å². The van der Waals surface area contributed by atoms with E-state index in [1.165, 1.54) is 0 Å². The molecule has 2 heterocycles. The summed E-state index contributed by atoms with van der Waals surface area (Å²) >= 11 is 3.48. The lowest BCUT2D eigenvalue weighted by Gasteiger charge is -2.35. The molecular weight excluding hydrogens is 318 g/mol. The monoisotopic (exact) mass is 331 g/mol. The third-order valence-corrected chi connectivity index (χ3v) is 3.87. The Kier molecular flexibility index (Phi) is 3.44. The van der Waals surface area contributed by atoms with E-state index in [1.807, 2.05) is 47.2 Å². The second-order valence-electron chi connectivity index (χ2n) is 4.83. The highest BCUT2D eigenvalue weighted by Gasteiger charge is 2.27. The summed E-state index contributed by atoms with van der Waals surface area (Å²) in [6.45, 7) is 0.943. The van der Waals surface area contributed by atoms with E-state index in [4.69, 9.17) is 0 Å². The first-order valence-electron chi connectivity index (χ1n) is 6.35. The summed E-state index contributed by atoms with van der Waals surface area (Å²) in [7, 11) is 1.94. The van der Waals surface area contributed by atoms with Crippen molar-refractivity contribution in [2.45, 2.75) is 6.54 Å². The number of carbonyl (C=O) groups is 1. The Morgan fingerprint density at radius 2 is 2.15 bits per heavy atom. The Hall–Kier alpha value is -1.88. The molecule has 0 radical (unpaired) electrons. The molecule has 2 aromatic rings. The van der Waals surface area contributed by atoms with Gasteiger partial charge in [-0.15, -0.1) is 0 Å².